The molecule has 0 spiro atoms. The quantitative estimate of drug-likeness (QED) is 0.769. The van der Waals surface area contributed by atoms with Crippen molar-refractivity contribution in [3.8, 4) is 11.3 Å². The highest BCUT2D eigenvalue weighted by molar-refractivity contribution is 6.04. The average molecular weight is 359 g/mol. The molecule has 1 N–H and O–H groups in total. The number of ether oxygens (including phenoxy) is 1. The third-order valence-corrected chi connectivity index (χ3v) is 4.59. The zero-order chi connectivity index (χ0) is 18.5. The molecule has 1 aliphatic rings. The number of aromatic nitrogens is 1. The zero-order valence-corrected chi connectivity index (χ0v) is 15.0. The number of carbonyl (C=O) groups excluding carboxylic acids is 1. The summed E-state index contributed by atoms with van der Waals surface area (Å²) >= 11 is 0. The Bertz CT molecular complexity index is 904. The van der Waals surface area contributed by atoms with Gasteiger partial charge in [-0.25, -0.2) is 0 Å². The Hall–Kier alpha value is -3.18. The van der Waals surface area contributed by atoms with Crippen LogP contribution >= 0.6 is 0 Å². The maximum Gasteiger partial charge on any atom is 0.255 e. The van der Waals surface area contributed by atoms with Crippen LogP contribution in [0.5, 0.6) is 0 Å². The fraction of sp³-hybridized carbons (Fsp3) is 0.182. The number of pyridine rings is 1. The number of rotatable bonds is 4. The summed E-state index contributed by atoms with van der Waals surface area (Å²) in [6.07, 6.45) is 1.67. The van der Waals surface area contributed by atoms with Crippen LogP contribution in [0, 0.1) is 0 Å². The second-order valence-corrected chi connectivity index (χ2v) is 6.40. The van der Waals surface area contributed by atoms with E-state index in [1.165, 1.54) is 0 Å². The summed E-state index contributed by atoms with van der Waals surface area (Å²) < 4.78 is 5.38. The van der Waals surface area contributed by atoms with E-state index in [1.807, 2.05) is 60.7 Å². The van der Waals surface area contributed by atoms with E-state index in [4.69, 9.17) is 4.74 Å². The molecule has 0 saturated carbocycles. The summed E-state index contributed by atoms with van der Waals surface area (Å²) in [6.45, 7) is 3.30. The summed E-state index contributed by atoms with van der Waals surface area (Å²) in [4.78, 5) is 19.3. The monoisotopic (exact) mass is 359 g/mol. The Labute approximate surface area is 158 Å². The van der Waals surface area contributed by atoms with E-state index in [9.17, 15) is 4.79 Å². The number of hydrogen-bond acceptors (Lipinski definition) is 4. The van der Waals surface area contributed by atoms with E-state index in [2.05, 4.69) is 15.2 Å². The van der Waals surface area contributed by atoms with Crippen molar-refractivity contribution >= 4 is 17.3 Å². The lowest BCUT2D eigenvalue weighted by molar-refractivity contribution is 0.102. The Morgan fingerprint density at radius 2 is 1.70 bits per heavy atom. The normalized spacial score (nSPS) is 14.0. The first-order valence-corrected chi connectivity index (χ1v) is 9.05. The van der Waals surface area contributed by atoms with Crippen molar-refractivity contribution in [2.45, 2.75) is 0 Å². The average Bonchev–Trinajstić information content (AvgIpc) is 2.75. The maximum absolute atomic E-state index is 12.6. The third kappa shape index (κ3) is 4.15. The smallest absolute Gasteiger partial charge is 0.255 e. The standard InChI is InChI=1S/C22H21N3O2/c26-22(18-10-11-23-21(16-18)17-4-2-1-3-5-17)24-19-6-8-20(9-7-19)25-12-14-27-15-13-25/h1-11,16H,12-15H2,(H,24,26). The predicted molar refractivity (Wildman–Crippen MR) is 107 cm³/mol. The SMILES string of the molecule is O=C(Nc1ccc(N2CCOCC2)cc1)c1ccnc(-c2ccccc2)c1. The van der Waals surface area contributed by atoms with Gasteiger partial charge in [-0.05, 0) is 36.4 Å². The van der Waals surface area contributed by atoms with Gasteiger partial charge in [0.2, 0.25) is 0 Å². The summed E-state index contributed by atoms with van der Waals surface area (Å²) in [5, 5.41) is 2.96. The number of nitrogens with zero attached hydrogens (tertiary/aromatic N) is 2. The molecule has 1 saturated heterocycles. The number of nitrogens with one attached hydrogen (secondary N) is 1. The van der Waals surface area contributed by atoms with E-state index in [1.54, 1.807) is 12.3 Å². The van der Waals surface area contributed by atoms with Crippen LogP contribution in [0.2, 0.25) is 0 Å². The van der Waals surface area contributed by atoms with E-state index < -0.39 is 0 Å². The van der Waals surface area contributed by atoms with Crippen LogP contribution in [-0.4, -0.2) is 37.2 Å². The Morgan fingerprint density at radius 3 is 2.44 bits per heavy atom. The van der Waals surface area contributed by atoms with Gasteiger partial charge in [-0.3, -0.25) is 9.78 Å². The zero-order valence-electron chi connectivity index (χ0n) is 15.0. The Balaban J connectivity index is 1.46. The molecule has 0 unspecified atom stereocenters. The molecule has 4 rings (SSSR count). The summed E-state index contributed by atoms with van der Waals surface area (Å²) in [5.74, 6) is -0.145. The minimum atomic E-state index is -0.145. The van der Waals surface area contributed by atoms with Gasteiger partial charge in [0.15, 0.2) is 0 Å². The van der Waals surface area contributed by atoms with Gasteiger partial charge < -0.3 is 15.0 Å². The molecule has 1 amide bonds. The molecular formula is C22H21N3O2. The van der Waals surface area contributed by atoms with Gasteiger partial charge in [0.05, 0.1) is 18.9 Å². The van der Waals surface area contributed by atoms with Crippen LogP contribution < -0.4 is 10.2 Å². The summed E-state index contributed by atoms with van der Waals surface area (Å²) in [7, 11) is 0. The van der Waals surface area contributed by atoms with Crippen LogP contribution in [0.4, 0.5) is 11.4 Å². The number of anilines is 2. The fourth-order valence-corrected chi connectivity index (χ4v) is 3.12. The van der Waals surface area contributed by atoms with Crippen LogP contribution in [-0.2, 0) is 4.74 Å². The van der Waals surface area contributed by atoms with Crippen LogP contribution in [0.25, 0.3) is 11.3 Å². The Morgan fingerprint density at radius 1 is 0.963 bits per heavy atom. The van der Waals surface area contributed by atoms with Crippen molar-refractivity contribution < 1.29 is 9.53 Å². The molecule has 0 atom stereocenters. The summed E-state index contributed by atoms with van der Waals surface area (Å²) in [6, 6.07) is 21.3. The molecule has 0 radical (unpaired) electrons. The van der Waals surface area contributed by atoms with Crippen molar-refractivity contribution in [1.29, 1.82) is 0 Å². The fourth-order valence-electron chi connectivity index (χ4n) is 3.12. The molecule has 0 aliphatic carbocycles. The van der Waals surface area contributed by atoms with Gasteiger partial charge in [-0.1, -0.05) is 30.3 Å². The molecule has 27 heavy (non-hydrogen) atoms. The number of benzene rings is 2. The molecule has 0 bridgehead atoms. The highest BCUT2D eigenvalue weighted by atomic mass is 16.5. The van der Waals surface area contributed by atoms with Crippen molar-refractivity contribution in [2.75, 3.05) is 36.5 Å². The van der Waals surface area contributed by atoms with Crippen LogP contribution in [0.1, 0.15) is 10.4 Å². The minimum Gasteiger partial charge on any atom is -0.378 e. The molecule has 5 heteroatoms. The molecule has 5 nitrogen and oxygen atoms in total. The Kier molecular flexibility index (Phi) is 5.12. The molecule has 3 aromatic rings. The van der Waals surface area contributed by atoms with Crippen molar-refractivity contribution in [1.82, 2.24) is 4.98 Å². The summed E-state index contributed by atoms with van der Waals surface area (Å²) in [5.41, 5.74) is 4.27. The second kappa shape index (κ2) is 8.01. The van der Waals surface area contributed by atoms with E-state index in [0.29, 0.717) is 5.56 Å². The van der Waals surface area contributed by atoms with Gasteiger partial charge in [0.1, 0.15) is 0 Å². The highest BCUT2D eigenvalue weighted by Crippen LogP contribution is 2.21. The topological polar surface area (TPSA) is 54.5 Å². The number of hydrogen-bond donors (Lipinski definition) is 1. The third-order valence-electron chi connectivity index (χ3n) is 4.59. The number of amides is 1. The van der Waals surface area contributed by atoms with E-state index >= 15 is 0 Å². The van der Waals surface area contributed by atoms with Crippen molar-refractivity contribution in [2.24, 2.45) is 0 Å². The lowest BCUT2D eigenvalue weighted by atomic mass is 10.1. The first-order valence-electron chi connectivity index (χ1n) is 9.05. The van der Waals surface area contributed by atoms with Gasteiger partial charge in [-0.15, -0.1) is 0 Å². The van der Waals surface area contributed by atoms with Crippen LogP contribution in [0.15, 0.2) is 72.9 Å². The van der Waals surface area contributed by atoms with E-state index in [0.717, 1.165) is 48.9 Å². The van der Waals surface area contributed by atoms with Crippen LogP contribution in [0.3, 0.4) is 0 Å². The molecule has 2 heterocycles. The highest BCUT2D eigenvalue weighted by Gasteiger charge is 2.12. The largest absolute Gasteiger partial charge is 0.378 e. The first kappa shape index (κ1) is 17.2. The lowest BCUT2D eigenvalue weighted by Gasteiger charge is -2.28. The number of carbonyl (C=O) groups is 1. The first-order chi connectivity index (χ1) is 13.3. The maximum atomic E-state index is 12.6. The lowest BCUT2D eigenvalue weighted by Crippen LogP contribution is -2.36. The molecule has 1 aliphatic heterocycles. The van der Waals surface area contributed by atoms with Gasteiger partial charge in [0.25, 0.3) is 5.91 Å². The van der Waals surface area contributed by atoms with E-state index in [-0.39, 0.29) is 5.91 Å². The van der Waals surface area contributed by atoms with Crippen molar-refractivity contribution in [3.05, 3.63) is 78.5 Å². The predicted octanol–water partition coefficient (Wildman–Crippen LogP) is 3.84. The molecule has 1 fully saturated rings. The van der Waals surface area contributed by atoms with Gasteiger partial charge in [0, 0.05) is 41.8 Å². The number of morpholine rings is 1. The van der Waals surface area contributed by atoms with Gasteiger partial charge >= 0.3 is 0 Å². The molecule has 1 aromatic heterocycles. The molecular weight excluding hydrogens is 338 g/mol. The second-order valence-electron chi connectivity index (χ2n) is 6.40. The van der Waals surface area contributed by atoms with Gasteiger partial charge in [-0.2, -0.15) is 0 Å². The minimum absolute atomic E-state index is 0.145. The van der Waals surface area contributed by atoms with Crippen molar-refractivity contribution in [3.63, 3.8) is 0 Å². The molecule has 2 aromatic carbocycles. The molecule has 136 valence electrons.